The number of amides is 1. The molecule has 0 aromatic heterocycles. The molecule has 0 radical (unpaired) electrons. The maximum Gasteiger partial charge on any atom is 0.406 e. The molecule has 6 nitrogen and oxygen atoms in total. The molecule has 0 saturated heterocycles. The molecule has 7 heteroatoms. The first-order valence-electron chi connectivity index (χ1n) is 12.6. The molecule has 1 rings (SSSR count). The highest BCUT2D eigenvalue weighted by Gasteiger charge is 2.48. The molecule has 3 unspecified atom stereocenters. The third-order valence-corrected chi connectivity index (χ3v) is 6.44. The number of terminal acetylenes is 1. The van der Waals surface area contributed by atoms with E-state index in [1.54, 1.807) is 12.2 Å². The van der Waals surface area contributed by atoms with E-state index in [2.05, 4.69) is 29.0 Å². The fourth-order valence-corrected chi connectivity index (χ4v) is 3.96. The van der Waals surface area contributed by atoms with E-state index < -0.39 is 8.38 Å². The number of ether oxygens (including phenoxy) is 1. The number of allylic oxidation sites excluding steroid dienone is 5. The number of methoxy groups -OCH3 is 1. The number of alkyl carbamates (subject to hydrolysis) is 1. The zero-order valence-corrected chi connectivity index (χ0v) is 23.0. The third-order valence-electron chi connectivity index (χ3n) is 5.38. The normalized spacial score (nSPS) is 19.5. The number of rotatable bonds is 15. The van der Waals surface area contributed by atoms with Gasteiger partial charge >= 0.3 is 6.09 Å². The van der Waals surface area contributed by atoms with E-state index in [9.17, 15) is 9.69 Å². The lowest BCUT2D eigenvalue weighted by molar-refractivity contribution is 0.171. The Kier molecular flexibility index (Phi) is 24.6. The molecule has 0 aromatic rings. The van der Waals surface area contributed by atoms with Crippen molar-refractivity contribution in [3.05, 3.63) is 36.6 Å². The molecule has 0 aliphatic heterocycles. The van der Waals surface area contributed by atoms with Gasteiger partial charge < -0.3 is 25.2 Å². The van der Waals surface area contributed by atoms with Gasteiger partial charge in [-0.05, 0) is 63.5 Å². The van der Waals surface area contributed by atoms with E-state index in [0.717, 1.165) is 50.9 Å². The van der Waals surface area contributed by atoms with Crippen molar-refractivity contribution < 1.29 is 18.9 Å². The average molecular weight is 497 g/mol. The van der Waals surface area contributed by atoms with Crippen molar-refractivity contribution in [3.8, 4) is 12.3 Å². The fourth-order valence-electron chi connectivity index (χ4n) is 3.15. The zero-order chi connectivity index (χ0) is 26.1. The standard InChI is InChI=1S/C14H26NO4P.C11H17N.C2H6/c1-3-4-9-12-19-20(17)13-10-7-5-6-8-11-15-14(16)18-2;1-3-5-6-7-8-10-9-11(10,12)4-2;1-2/h3-4,9,12,17H,5-8,10-11,13H2,1-2H3,(H,15,16);1,5-6,10H,4,7-9,12H2,2H3;1-2H3/b4-3+,12-9+;6-5-;. The van der Waals surface area contributed by atoms with Crippen molar-refractivity contribution in [2.24, 2.45) is 11.7 Å². The quantitative estimate of drug-likeness (QED) is 0.0761. The summed E-state index contributed by atoms with van der Waals surface area (Å²) in [4.78, 5) is 20.4. The Morgan fingerprint density at radius 3 is 2.53 bits per heavy atom. The molecular formula is C27H49N2O4P. The highest BCUT2D eigenvalue weighted by molar-refractivity contribution is 7.46. The van der Waals surface area contributed by atoms with E-state index in [0.29, 0.717) is 12.7 Å². The maximum absolute atomic E-state index is 10.8. The molecule has 1 saturated carbocycles. The second kappa shape index (κ2) is 24.3. The number of unbranched alkanes of at least 4 members (excludes halogenated alkanes) is 4. The smallest absolute Gasteiger partial charge is 0.406 e. The van der Waals surface area contributed by atoms with Crippen molar-refractivity contribution in [1.82, 2.24) is 5.32 Å². The first-order chi connectivity index (χ1) is 16.4. The van der Waals surface area contributed by atoms with Crippen LogP contribution in [0.3, 0.4) is 0 Å². The summed E-state index contributed by atoms with van der Waals surface area (Å²) >= 11 is 0. The Morgan fingerprint density at radius 2 is 1.94 bits per heavy atom. The molecule has 0 heterocycles. The molecule has 0 spiro atoms. The average Bonchev–Trinajstić information content (AvgIpc) is 3.52. The van der Waals surface area contributed by atoms with Crippen LogP contribution < -0.4 is 11.1 Å². The number of carbonyl (C=O) groups excluding carboxylic acids is 1. The number of hydrogen-bond acceptors (Lipinski definition) is 5. The minimum atomic E-state index is -1.33. The molecule has 196 valence electrons. The molecule has 34 heavy (non-hydrogen) atoms. The monoisotopic (exact) mass is 496 g/mol. The Hall–Kier alpha value is -1.80. The predicted octanol–water partition coefficient (Wildman–Crippen LogP) is 6.81. The van der Waals surface area contributed by atoms with Crippen molar-refractivity contribution in [2.75, 3.05) is 19.8 Å². The van der Waals surface area contributed by atoms with Crippen molar-refractivity contribution in [3.63, 3.8) is 0 Å². The molecule has 1 amide bonds. The van der Waals surface area contributed by atoms with Crippen LogP contribution in [0.1, 0.15) is 85.5 Å². The molecule has 1 fully saturated rings. The van der Waals surface area contributed by atoms with Crippen LogP contribution in [0.2, 0.25) is 0 Å². The number of nitrogens with two attached hydrogens (primary N) is 1. The first-order valence-corrected chi connectivity index (χ1v) is 14.0. The first kappa shape index (κ1) is 34.4. The summed E-state index contributed by atoms with van der Waals surface area (Å²) in [6.45, 7) is 8.74. The lowest BCUT2D eigenvalue weighted by Gasteiger charge is -2.08. The van der Waals surface area contributed by atoms with Gasteiger partial charge in [-0.3, -0.25) is 0 Å². The third kappa shape index (κ3) is 20.8. The van der Waals surface area contributed by atoms with Crippen LogP contribution in [0.4, 0.5) is 4.79 Å². The summed E-state index contributed by atoms with van der Waals surface area (Å²) in [5.41, 5.74) is 6.21. The van der Waals surface area contributed by atoms with Crippen LogP contribution in [-0.4, -0.2) is 36.3 Å². The zero-order valence-electron chi connectivity index (χ0n) is 22.1. The molecule has 0 aromatic carbocycles. The van der Waals surface area contributed by atoms with Gasteiger partial charge in [0.2, 0.25) is 8.38 Å². The Bertz CT molecular complexity index is 616. The van der Waals surface area contributed by atoms with Crippen molar-refractivity contribution in [1.29, 1.82) is 0 Å². The van der Waals surface area contributed by atoms with Crippen LogP contribution in [-0.2, 0) is 9.26 Å². The van der Waals surface area contributed by atoms with Crippen LogP contribution in [0.5, 0.6) is 0 Å². The lowest BCUT2D eigenvalue weighted by Crippen LogP contribution is -2.23. The Morgan fingerprint density at radius 1 is 1.26 bits per heavy atom. The van der Waals surface area contributed by atoms with Gasteiger partial charge in [0.15, 0.2) is 0 Å². The number of carbonyl (C=O) groups is 1. The molecular weight excluding hydrogens is 447 g/mol. The number of nitrogens with one attached hydrogen (secondary N) is 1. The van der Waals surface area contributed by atoms with Crippen LogP contribution in [0.15, 0.2) is 36.6 Å². The Labute approximate surface area is 210 Å². The molecule has 3 atom stereocenters. The summed E-state index contributed by atoms with van der Waals surface area (Å²) in [5.74, 6) is 3.23. The predicted molar refractivity (Wildman–Crippen MR) is 146 cm³/mol. The molecule has 4 N–H and O–H groups in total. The second-order valence-corrected chi connectivity index (χ2v) is 9.22. The van der Waals surface area contributed by atoms with Gasteiger partial charge in [0.05, 0.1) is 13.4 Å². The highest BCUT2D eigenvalue weighted by Crippen LogP contribution is 2.46. The van der Waals surface area contributed by atoms with Gasteiger partial charge in [0.1, 0.15) is 0 Å². The van der Waals surface area contributed by atoms with E-state index >= 15 is 0 Å². The molecule has 1 aliphatic carbocycles. The number of hydrogen-bond donors (Lipinski definition) is 3. The van der Waals surface area contributed by atoms with Gasteiger partial charge in [-0.2, -0.15) is 0 Å². The van der Waals surface area contributed by atoms with E-state index in [4.69, 9.17) is 16.7 Å². The Balaban J connectivity index is 0. The second-order valence-electron chi connectivity index (χ2n) is 7.86. The fraction of sp³-hybridized carbons (Fsp3) is 0.667. The SMILES string of the molecule is C#C/C=C\CCC1CC1(N)CC.C/C=C/C=C/OP(O)CCCCCCCNC(=O)OC.CC. The summed E-state index contributed by atoms with van der Waals surface area (Å²) < 4.78 is 9.62. The van der Waals surface area contributed by atoms with E-state index in [1.807, 2.05) is 32.9 Å². The van der Waals surface area contributed by atoms with Crippen molar-refractivity contribution in [2.45, 2.75) is 91.0 Å². The highest BCUT2D eigenvalue weighted by atomic mass is 31.2. The maximum atomic E-state index is 10.8. The van der Waals surface area contributed by atoms with Gasteiger partial charge in [0.25, 0.3) is 0 Å². The van der Waals surface area contributed by atoms with Crippen LogP contribution >= 0.6 is 8.38 Å². The largest absolute Gasteiger partial charge is 0.455 e. The minimum absolute atomic E-state index is 0.171. The van der Waals surface area contributed by atoms with Crippen LogP contribution in [0, 0.1) is 18.3 Å². The lowest BCUT2D eigenvalue weighted by atomic mass is 10.1. The van der Waals surface area contributed by atoms with Gasteiger partial charge in [-0.1, -0.05) is 64.2 Å². The van der Waals surface area contributed by atoms with Crippen molar-refractivity contribution >= 4 is 14.5 Å². The van der Waals surface area contributed by atoms with E-state index in [1.165, 1.54) is 26.2 Å². The van der Waals surface area contributed by atoms with Gasteiger partial charge in [0, 0.05) is 18.2 Å². The summed E-state index contributed by atoms with van der Waals surface area (Å²) in [6, 6.07) is 0. The topological polar surface area (TPSA) is 93.8 Å². The van der Waals surface area contributed by atoms with Crippen LogP contribution in [0.25, 0.3) is 0 Å². The summed E-state index contributed by atoms with van der Waals surface area (Å²) in [7, 11) is 0.0295. The van der Waals surface area contributed by atoms with Gasteiger partial charge in [-0.15, -0.1) is 6.42 Å². The molecule has 1 aliphatic rings. The summed E-state index contributed by atoms with van der Waals surface area (Å²) in [5, 5.41) is 2.64. The van der Waals surface area contributed by atoms with Gasteiger partial charge in [-0.25, -0.2) is 4.79 Å². The molecule has 0 bridgehead atoms. The summed E-state index contributed by atoms with van der Waals surface area (Å²) in [6.07, 6.45) is 26.0. The van der Waals surface area contributed by atoms with E-state index in [-0.39, 0.29) is 11.6 Å². The minimum Gasteiger partial charge on any atom is -0.455 e.